The Labute approximate surface area is 131 Å². The molecule has 0 saturated heterocycles. The maximum atomic E-state index is 12.3. The molecule has 0 unspecified atom stereocenters. The Bertz CT molecular complexity index is 654. The lowest BCUT2D eigenvalue weighted by Gasteiger charge is -2.22. The van der Waals surface area contributed by atoms with Crippen molar-refractivity contribution in [2.45, 2.75) is 38.6 Å². The topological polar surface area (TPSA) is 75.3 Å². The highest BCUT2D eigenvalue weighted by molar-refractivity contribution is 7.92. The van der Waals surface area contributed by atoms with Crippen molar-refractivity contribution >= 4 is 21.6 Å². The summed E-state index contributed by atoms with van der Waals surface area (Å²) in [6.07, 6.45) is 4.89. The van der Waals surface area contributed by atoms with Crippen LogP contribution in [0, 0.1) is 11.8 Å². The average molecular weight is 322 g/mol. The molecule has 1 aromatic carbocycles. The molecule has 0 aromatic heterocycles. The molecular weight excluding hydrogens is 300 g/mol. The van der Waals surface area contributed by atoms with Gasteiger partial charge in [0.15, 0.2) is 0 Å². The highest BCUT2D eigenvalue weighted by atomic mass is 32.2. The largest absolute Gasteiger partial charge is 0.349 e. The Morgan fingerprint density at radius 1 is 1.18 bits per heavy atom. The number of benzene rings is 1. The first kappa shape index (κ1) is 15.3. The number of carbonyl (C=O) groups is 1. The lowest BCUT2D eigenvalue weighted by atomic mass is 9.95. The third-order valence-corrected chi connectivity index (χ3v) is 6.16. The Kier molecular flexibility index (Phi) is 4.12. The van der Waals surface area contributed by atoms with Crippen LogP contribution >= 0.6 is 0 Å². The van der Waals surface area contributed by atoms with Crippen molar-refractivity contribution in [2.24, 2.45) is 11.8 Å². The first-order valence-corrected chi connectivity index (χ1v) is 9.53. The van der Waals surface area contributed by atoms with E-state index in [1.807, 2.05) is 0 Å². The Hall–Kier alpha value is -1.56. The fourth-order valence-corrected chi connectivity index (χ4v) is 4.25. The van der Waals surface area contributed by atoms with Gasteiger partial charge in [0.1, 0.15) is 0 Å². The number of carbonyl (C=O) groups excluding carboxylic acids is 1. The summed E-state index contributed by atoms with van der Waals surface area (Å²) in [7, 11) is -3.28. The fourth-order valence-electron chi connectivity index (χ4n) is 3.61. The molecule has 0 heterocycles. The van der Waals surface area contributed by atoms with Gasteiger partial charge in [-0.15, -0.1) is 0 Å². The Balaban J connectivity index is 1.61. The van der Waals surface area contributed by atoms with E-state index in [4.69, 9.17) is 0 Å². The second kappa shape index (κ2) is 5.91. The number of fused-ring (bicyclic) bond motifs is 2. The number of rotatable bonds is 5. The quantitative estimate of drug-likeness (QED) is 0.874. The molecule has 1 amide bonds. The third-order valence-electron chi connectivity index (χ3n) is 4.86. The number of sulfonamides is 1. The second-order valence-corrected chi connectivity index (χ2v) is 8.35. The molecule has 2 aliphatic rings. The smallest absolute Gasteiger partial charge is 0.251 e. The van der Waals surface area contributed by atoms with Gasteiger partial charge < -0.3 is 5.32 Å². The summed E-state index contributed by atoms with van der Waals surface area (Å²) in [5.41, 5.74) is 1.06. The van der Waals surface area contributed by atoms with Crippen LogP contribution in [0.4, 0.5) is 5.69 Å². The minimum Gasteiger partial charge on any atom is -0.349 e. The zero-order chi connectivity index (χ0) is 15.7. The van der Waals surface area contributed by atoms with Gasteiger partial charge in [-0.05, 0) is 62.3 Å². The molecule has 2 saturated carbocycles. The maximum Gasteiger partial charge on any atom is 0.251 e. The normalized spacial score (nSPS) is 26.9. The van der Waals surface area contributed by atoms with E-state index in [0.717, 1.165) is 12.3 Å². The Morgan fingerprint density at radius 3 is 2.45 bits per heavy atom. The SMILES string of the molecule is CCS(=O)(=O)Nc1ccc(C(=O)N[C@@H]2C[C@H]3CC[C@@H]2C3)cc1. The summed E-state index contributed by atoms with van der Waals surface area (Å²) in [6.45, 7) is 1.58. The molecule has 0 aliphatic heterocycles. The molecule has 2 bridgehead atoms. The van der Waals surface area contributed by atoms with Crippen LogP contribution in [0.5, 0.6) is 0 Å². The van der Waals surface area contributed by atoms with E-state index in [0.29, 0.717) is 23.2 Å². The van der Waals surface area contributed by atoms with E-state index < -0.39 is 10.0 Å². The highest BCUT2D eigenvalue weighted by Gasteiger charge is 2.40. The van der Waals surface area contributed by atoms with Crippen LogP contribution in [-0.4, -0.2) is 26.1 Å². The van der Waals surface area contributed by atoms with E-state index in [-0.39, 0.29) is 11.7 Å². The number of nitrogens with one attached hydrogen (secondary N) is 2. The molecule has 3 rings (SSSR count). The second-order valence-electron chi connectivity index (χ2n) is 6.34. The van der Waals surface area contributed by atoms with E-state index >= 15 is 0 Å². The summed E-state index contributed by atoms with van der Waals surface area (Å²) in [5, 5.41) is 3.13. The van der Waals surface area contributed by atoms with Gasteiger partial charge in [0.25, 0.3) is 5.91 Å². The summed E-state index contributed by atoms with van der Waals surface area (Å²) in [6, 6.07) is 6.89. The minimum absolute atomic E-state index is 0.0273. The van der Waals surface area contributed by atoms with Gasteiger partial charge >= 0.3 is 0 Å². The van der Waals surface area contributed by atoms with Crippen molar-refractivity contribution in [2.75, 3.05) is 10.5 Å². The van der Waals surface area contributed by atoms with E-state index in [1.54, 1.807) is 31.2 Å². The van der Waals surface area contributed by atoms with Crippen molar-refractivity contribution in [3.63, 3.8) is 0 Å². The van der Waals surface area contributed by atoms with Crippen molar-refractivity contribution in [3.8, 4) is 0 Å². The predicted molar refractivity (Wildman–Crippen MR) is 86.2 cm³/mol. The average Bonchev–Trinajstić information content (AvgIpc) is 3.10. The zero-order valence-electron chi connectivity index (χ0n) is 12.7. The lowest BCUT2D eigenvalue weighted by molar-refractivity contribution is 0.0923. The molecule has 2 aliphatic carbocycles. The lowest BCUT2D eigenvalue weighted by Crippen LogP contribution is -2.38. The zero-order valence-corrected chi connectivity index (χ0v) is 13.5. The molecule has 120 valence electrons. The molecule has 6 heteroatoms. The molecule has 5 nitrogen and oxygen atoms in total. The van der Waals surface area contributed by atoms with Gasteiger partial charge in [0.2, 0.25) is 10.0 Å². The van der Waals surface area contributed by atoms with Crippen molar-refractivity contribution < 1.29 is 13.2 Å². The standard InChI is InChI=1S/C16H22N2O3S/c1-2-22(20,21)18-14-7-5-12(6-8-14)16(19)17-15-10-11-3-4-13(15)9-11/h5-8,11,13,15,18H,2-4,9-10H2,1H3,(H,17,19)/t11-,13+,15+/m0/s1. The molecule has 3 atom stereocenters. The molecule has 2 N–H and O–H groups in total. The van der Waals surface area contributed by atoms with E-state index in [9.17, 15) is 13.2 Å². The maximum absolute atomic E-state index is 12.3. The summed E-state index contributed by atoms with van der Waals surface area (Å²) in [5.74, 6) is 1.40. The van der Waals surface area contributed by atoms with Crippen LogP contribution in [0.2, 0.25) is 0 Å². The van der Waals surface area contributed by atoms with E-state index in [2.05, 4.69) is 10.0 Å². The Morgan fingerprint density at radius 2 is 1.91 bits per heavy atom. The van der Waals surface area contributed by atoms with Gasteiger partial charge in [-0.2, -0.15) is 0 Å². The van der Waals surface area contributed by atoms with Crippen LogP contribution in [0.15, 0.2) is 24.3 Å². The summed E-state index contributed by atoms with van der Waals surface area (Å²) in [4.78, 5) is 12.3. The third kappa shape index (κ3) is 3.27. The van der Waals surface area contributed by atoms with Crippen LogP contribution in [0.1, 0.15) is 43.0 Å². The number of hydrogen-bond acceptors (Lipinski definition) is 3. The molecule has 0 radical (unpaired) electrons. The van der Waals surface area contributed by atoms with Gasteiger partial charge in [-0.25, -0.2) is 8.42 Å². The molecule has 0 spiro atoms. The minimum atomic E-state index is -3.28. The first-order valence-electron chi connectivity index (χ1n) is 7.88. The molecule has 22 heavy (non-hydrogen) atoms. The van der Waals surface area contributed by atoms with Gasteiger partial charge in [-0.3, -0.25) is 9.52 Å². The number of amides is 1. The fraction of sp³-hybridized carbons (Fsp3) is 0.562. The number of hydrogen-bond donors (Lipinski definition) is 2. The molecular formula is C16H22N2O3S. The van der Waals surface area contributed by atoms with Crippen molar-refractivity contribution in [1.29, 1.82) is 0 Å². The van der Waals surface area contributed by atoms with Gasteiger partial charge in [0.05, 0.1) is 5.75 Å². The van der Waals surface area contributed by atoms with Crippen LogP contribution < -0.4 is 10.0 Å². The first-order chi connectivity index (χ1) is 10.5. The highest BCUT2D eigenvalue weighted by Crippen LogP contribution is 2.44. The number of anilines is 1. The summed E-state index contributed by atoms with van der Waals surface area (Å²) < 4.78 is 25.5. The van der Waals surface area contributed by atoms with Crippen molar-refractivity contribution in [1.82, 2.24) is 5.32 Å². The summed E-state index contributed by atoms with van der Waals surface area (Å²) >= 11 is 0. The monoisotopic (exact) mass is 322 g/mol. The van der Waals surface area contributed by atoms with E-state index in [1.165, 1.54) is 19.3 Å². The molecule has 2 fully saturated rings. The predicted octanol–water partition coefficient (Wildman–Crippen LogP) is 2.37. The van der Waals surface area contributed by atoms with Crippen LogP contribution in [-0.2, 0) is 10.0 Å². The molecule has 1 aromatic rings. The van der Waals surface area contributed by atoms with Crippen molar-refractivity contribution in [3.05, 3.63) is 29.8 Å². The van der Waals surface area contributed by atoms with Gasteiger partial charge in [-0.1, -0.05) is 6.42 Å². The van der Waals surface area contributed by atoms with Crippen LogP contribution in [0.25, 0.3) is 0 Å². The van der Waals surface area contributed by atoms with Crippen LogP contribution in [0.3, 0.4) is 0 Å². The van der Waals surface area contributed by atoms with Gasteiger partial charge in [0, 0.05) is 17.3 Å².